The van der Waals surface area contributed by atoms with E-state index in [0.29, 0.717) is 56.3 Å². The summed E-state index contributed by atoms with van der Waals surface area (Å²) in [5.41, 5.74) is 15.6. The van der Waals surface area contributed by atoms with Crippen LogP contribution in [0.4, 0.5) is 14.5 Å². The second-order valence-electron chi connectivity index (χ2n) is 15.0. The van der Waals surface area contributed by atoms with Gasteiger partial charge in [-0.3, -0.25) is 9.80 Å². The summed E-state index contributed by atoms with van der Waals surface area (Å²) in [6, 6.07) is 17.4. The molecule has 7 nitrogen and oxygen atoms in total. The van der Waals surface area contributed by atoms with Gasteiger partial charge in [-0.2, -0.15) is 5.26 Å². The number of hydrogen-bond acceptors (Lipinski definition) is 6. The fraction of sp³-hybridized carbons (Fsp3) is 0.522. The average molecular weight is 756 g/mol. The number of nitrogens with one attached hydrogen (secondary N) is 1. The van der Waals surface area contributed by atoms with Crippen molar-refractivity contribution in [3.8, 4) is 6.07 Å². The van der Waals surface area contributed by atoms with Crippen LogP contribution in [0.3, 0.4) is 0 Å². The summed E-state index contributed by atoms with van der Waals surface area (Å²) in [6.07, 6.45) is 15.7. The van der Waals surface area contributed by atoms with Crippen LogP contribution in [0.1, 0.15) is 123 Å². The minimum Gasteiger partial charge on any atom is -0.369 e. The summed E-state index contributed by atoms with van der Waals surface area (Å²) in [4.78, 5) is 13.8. The normalized spacial score (nSPS) is 18.0. The highest BCUT2D eigenvalue weighted by molar-refractivity contribution is 5.76. The molecule has 3 N–H and O–H groups in total. The first-order valence-electron chi connectivity index (χ1n) is 20.4. The molecule has 2 aliphatic heterocycles. The third-order valence-electron chi connectivity index (χ3n) is 11.5. The second-order valence-corrected chi connectivity index (χ2v) is 15.0. The smallest absolute Gasteiger partial charge is 0.241 e. The fourth-order valence-corrected chi connectivity index (χ4v) is 7.65. The maximum Gasteiger partial charge on any atom is 0.241 e. The topological polar surface area (TPSA) is 94.6 Å². The molecule has 3 aromatic carbocycles. The lowest BCUT2D eigenvalue weighted by molar-refractivity contribution is -0.151. The van der Waals surface area contributed by atoms with Gasteiger partial charge in [0.2, 0.25) is 5.91 Å². The molecule has 9 heteroatoms. The van der Waals surface area contributed by atoms with Gasteiger partial charge in [0.05, 0.1) is 30.3 Å². The third kappa shape index (κ3) is 11.7. The number of nitrogens with two attached hydrogens (primary N) is 1. The summed E-state index contributed by atoms with van der Waals surface area (Å²) < 4.78 is 34.3. The molecule has 3 aromatic rings. The predicted octanol–water partition coefficient (Wildman–Crippen LogP) is 9.59. The minimum absolute atomic E-state index is 0.0961. The van der Waals surface area contributed by atoms with Crippen molar-refractivity contribution in [2.45, 2.75) is 117 Å². The number of piperidine rings is 1. The highest BCUT2D eigenvalue weighted by Crippen LogP contribution is 2.65. The Kier molecular flexibility index (Phi) is 17.3. The Morgan fingerprint density at radius 3 is 2.33 bits per heavy atom. The van der Waals surface area contributed by atoms with Gasteiger partial charge in [-0.25, -0.2) is 14.2 Å². The minimum atomic E-state index is -0.325. The Hall–Kier alpha value is -4.10. The van der Waals surface area contributed by atoms with Gasteiger partial charge >= 0.3 is 0 Å². The number of halogens is 2. The van der Waals surface area contributed by atoms with E-state index < -0.39 is 0 Å². The first kappa shape index (κ1) is 43.6. The van der Waals surface area contributed by atoms with Gasteiger partial charge in [-0.1, -0.05) is 82.4 Å². The SMILES string of the molecule is C1CCC1.C=CCCc1cc(N2CCC3(CC2)CC3c2ccc(CC)c(F)c2)c(F)cc1C#N.CCCc1cccc(C)c1CNN1COCCC1=O.CN. The number of nitrogens with zero attached hydrogens (tertiary/aromatic N) is 3. The molecule has 4 fully saturated rings. The van der Waals surface area contributed by atoms with E-state index in [1.807, 2.05) is 25.1 Å². The van der Waals surface area contributed by atoms with Crippen molar-refractivity contribution in [1.82, 2.24) is 10.4 Å². The summed E-state index contributed by atoms with van der Waals surface area (Å²) in [5, 5.41) is 10.9. The van der Waals surface area contributed by atoms with E-state index >= 15 is 0 Å². The highest BCUT2D eigenvalue weighted by atomic mass is 19.1. The van der Waals surface area contributed by atoms with Crippen LogP contribution in [-0.2, 0) is 35.3 Å². The Balaban J connectivity index is 0.000000229. The number of benzene rings is 3. The van der Waals surface area contributed by atoms with Crippen LogP contribution in [0.5, 0.6) is 0 Å². The van der Waals surface area contributed by atoms with Crippen molar-refractivity contribution in [3.05, 3.63) is 112 Å². The van der Waals surface area contributed by atoms with Crippen LogP contribution in [0, 0.1) is 35.3 Å². The number of allylic oxidation sites excluding steroid dienone is 1. The van der Waals surface area contributed by atoms with Gasteiger partial charge in [0.25, 0.3) is 0 Å². The maximum absolute atomic E-state index is 14.7. The van der Waals surface area contributed by atoms with Crippen molar-refractivity contribution in [2.75, 3.05) is 38.4 Å². The molecule has 0 radical (unpaired) electrons. The zero-order valence-electron chi connectivity index (χ0n) is 33.7. The Bertz CT molecular complexity index is 1740. The van der Waals surface area contributed by atoms with Crippen LogP contribution in [-0.4, -0.2) is 44.4 Å². The number of amides is 1. The van der Waals surface area contributed by atoms with E-state index in [9.17, 15) is 18.8 Å². The number of hydrogen-bond donors (Lipinski definition) is 2. The molecule has 1 atom stereocenters. The summed E-state index contributed by atoms with van der Waals surface area (Å²) >= 11 is 0. The third-order valence-corrected chi connectivity index (χ3v) is 11.5. The number of carbonyl (C=O) groups excluding carboxylic acids is 1. The molecule has 0 bridgehead atoms. The molecule has 2 aliphatic carbocycles. The van der Waals surface area contributed by atoms with Gasteiger partial charge in [-0.15, -0.1) is 6.58 Å². The Morgan fingerprint density at radius 1 is 1.00 bits per heavy atom. The first-order chi connectivity index (χ1) is 26.7. The van der Waals surface area contributed by atoms with Crippen LogP contribution in [0.2, 0.25) is 0 Å². The summed E-state index contributed by atoms with van der Waals surface area (Å²) in [5.74, 6) is 0.0986. The lowest BCUT2D eigenvalue weighted by Crippen LogP contribution is -2.47. The molecule has 4 aliphatic rings. The van der Waals surface area contributed by atoms with E-state index in [0.717, 1.165) is 68.3 Å². The summed E-state index contributed by atoms with van der Waals surface area (Å²) in [6.45, 7) is 13.1. The molecule has 1 spiro atoms. The van der Waals surface area contributed by atoms with Gasteiger partial charge in [0, 0.05) is 19.6 Å². The lowest BCUT2D eigenvalue weighted by Gasteiger charge is -2.35. The molecule has 1 amide bonds. The number of nitriles is 1. The Morgan fingerprint density at radius 2 is 1.73 bits per heavy atom. The van der Waals surface area contributed by atoms with Gasteiger partial charge in [-0.05, 0) is 122 Å². The number of carbonyl (C=O) groups is 1. The van der Waals surface area contributed by atoms with Crippen molar-refractivity contribution in [1.29, 1.82) is 5.26 Å². The molecular formula is C46H63F2N5O2. The van der Waals surface area contributed by atoms with Crippen molar-refractivity contribution >= 4 is 11.6 Å². The van der Waals surface area contributed by atoms with Crippen LogP contribution < -0.4 is 16.1 Å². The Labute approximate surface area is 328 Å². The van der Waals surface area contributed by atoms with E-state index in [2.05, 4.69) is 66.8 Å². The number of hydrazine groups is 1. The molecule has 2 saturated heterocycles. The zero-order valence-corrected chi connectivity index (χ0v) is 33.7. The molecule has 0 aromatic heterocycles. The molecule has 2 saturated carbocycles. The number of rotatable bonds is 11. The number of ether oxygens (including phenoxy) is 1. The standard InChI is InChI=1S/C26H28F2N2.C15H22N2O2.C4H8.CH5N/c1-3-5-6-19-15-25(24(28)14-21(19)17-29)30-11-9-26(10-12-30)16-22(26)20-8-7-18(4-2)23(27)13-20;1-3-5-13-7-4-6-12(2)14(13)10-16-17-11-19-9-8-15(17)18;1-2-4-3-1;1-2/h3,7-8,13-15,22H,1,4-6,9-12,16H2,2H3;4,6-7,16H,3,5,8-11H2,1-2H3;1-4H2;2H2,1H3. The molecule has 1 unspecified atom stereocenters. The molecule has 7 rings (SSSR count). The zero-order chi connectivity index (χ0) is 39.8. The quantitative estimate of drug-likeness (QED) is 0.190. The van der Waals surface area contributed by atoms with Crippen molar-refractivity contribution in [3.63, 3.8) is 0 Å². The van der Waals surface area contributed by atoms with Crippen LogP contribution in [0.15, 0.2) is 61.2 Å². The van der Waals surface area contributed by atoms with E-state index in [-0.39, 0.29) is 23.0 Å². The first-order valence-corrected chi connectivity index (χ1v) is 20.4. The number of aryl methyl sites for hydroxylation is 4. The highest BCUT2D eigenvalue weighted by Gasteiger charge is 2.55. The van der Waals surface area contributed by atoms with Crippen LogP contribution >= 0.6 is 0 Å². The monoisotopic (exact) mass is 755 g/mol. The van der Waals surface area contributed by atoms with Crippen molar-refractivity contribution in [2.24, 2.45) is 11.1 Å². The molecule has 298 valence electrons. The number of anilines is 1. The van der Waals surface area contributed by atoms with Gasteiger partial charge < -0.3 is 15.4 Å². The summed E-state index contributed by atoms with van der Waals surface area (Å²) in [7, 11) is 1.50. The van der Waals surface area contributed by atoms with E-state index in [4.69, 9.17) is 4.74 Å². The van der Waals surface area contributed by atoms with Crippen molar-refractivity contribution < 1.29 is 18.3 Å². The fourth-order valence-electron chi connectivity index (χ4n) is 7.65. The molecule has 2 heterocycles. The predicted molar refractivity (Wildman–Crippen MR) is 220 cm³/mol. The largest absolute Gasteiger partial charge is 0.369 e. The van der Waals surface area contributed by atoms with Gasteiger partial charge in [0.1, 0.15) is 18.4 Å². The lowest BCUT2D eigenvalue weighted by atomic mass is 9.88. The molecular weight excluding hydrogens is 693 g/mol. The average Bonchev–Trinajstić information content (AvgIpc) is 3.88. The van der Waals surface area contributed by atoms with Crippen LogP contribution in [0.25, 0.3) is 0 Å². The second kappa shape index (κ2) is 21.8. The molecule has 55 heavy (non-hydrogen) atoms. The van der Waals surface area contributed by atoms with E-state index in [1.165, 1.54) is 55.5 Å². The maximum atomic E-state index is 14.7. The van der Waals surface area contributed by atoms with E-state index in [1.54, 1.807) is 11.1 Å². The van der Waals surface area contributed by atoms with Gasteiger partial charge in [0.15, 0.2) is 0 Å².